The number of benzene rings is 6. The van der Waals surface area contributed by atoms with Crippen LogP contribution in [0.5, 0.6) is 0 Å². The van der Waals surface area contributed by atoms with Crippen molar-refractivity contribution in [3.63, 3.8) is 0 Å². The van der Waals surface area contributed by atoms with Gasteiger partial charge in [0.1, 0.15) is 5.82 Å². The maximum atomic E-state index is 13.4. The predicted molar refractivity (Wildman–Crippen MR) is 461 cm³/mol. The summed E-state index contributed by atoms with van der Waals surface area (Å²) >= 11 is 0. The first-order chi connectivity index (χ1) is 61.1. The molecule has 33 heteroatoms. The number of halogens is 4. The van der Waals surface area contributed by atoms with Gasteiger partial charge in [0.15, 0.2) is 0 Å². The van der Waals surface area contributed by atoms with Crippen molar-refractivity contribution in [2.24, 2.45) is 0 Å². The maximum absolute atomic E-state index is 13.4. The van der Waals surface area contributed by atoms with E-state index in [1.807, 2.05) is 165 Å². The predicted octanol–water partition coefficient (Wildman–Crippen LogP) is 19.7. The third-order valence-electron chi connectivity index (χ3n) is 18.9. The molecule has 626 valence electrons. The number of hydrogen-bond acceptors (Lipinski definition) is 29. The average Bonchev–Trinajstić information content (AvgIpc) is 1.55. The molecule has 0 N–H and O–H groups in total. The van der Waals surface area contributed by atoms with Crippen LogP contribution in [0.2, 0.25) is 0 Å². The van der Waals surface area contributed by atoms with Gasteiger partial charge in [0.05, 0.1) is 28.8 Å². The van der Waals surface area contributed by atoms with Gasteiger partial charge in [-0.25, -0.2) is 4.39 Å². The Morgan fingerprint density at radius 3 is 0.992 bits per heavy atom. The largest absolute Gasteiger partial charge is 0.416 e. The quantitative estimate of drug-likeness (QED) is 0.0860. The number of aromatic nitrogens is 18. The minimum atomic E-state index is -4.57. The summed E-state index contributed by atoms with van der Waals surface area (Å²) in [4.78, 5) is 56.2. The van der Waals surface area contributed by atoms with Gasteiger partial charge in [-0.3, -0.25) is 29.9 Å². The molecule has 0 bridgehead atoms. The molecule has 0 aliphatic carbocycles. The lowest BCUT2D eigenvalue weighted by molar-refractivity contribution is -0.137. The van der Waals surface area contributed by atoms with E-state index >= 15 is 0 Å². The van der Waals surface area contributed by atoms with Crippen molar-refractivity contribution in [1.82, 2.24) is 90.7 Å². The lowest BCUT2D eigenvalue weighted by Crippen LogP contribution is -2.17. The van der Waals surface area contributed by atoms with Crippen LogP contribution < -0.4 is 14.7 Å². The molecular weight excluding hydrogens is 1610 g/mol. The van der Waals surface area contributed by atoms with E-state index in [4.69, 9.17) is 37.7 Å². The number of hydrogen-bond donors (Lipinski definition) is 0. The van der Waals surface area contributed by atoms with E-state index < -0.39 is 17.6 Å². The Morgan fingerprint density at radius 2 is 0.635 bits per heavy atom. The zero-order valence-corrected chi connectivity index (χ0v) is 68.6. The molecule has 1 saturated heterocycles. The summed E-state index contributed by atoms with van der Waals surface area (Å²) < 4.78 is 83.6. The second kappa shape index (κ2) is 40.0. The molecule has 126 heavy (non-hydrogen) atoms. The van der Waals surface area contributed by atoms with Crippen LogP contribution in [0.4, 0.5) is 34.6 Å². The van der Waals surface area contributed by atoms with Crippen molar-refractivity contribution in [3.05, 3.63) is 309 Å². The molecule has 19 rings (SSSR count). The van der Waals surface area contributed by atoms with Crippen molar-refractivity contribution in [2.45, 2.75) is 45.2 Å². The lowest BCUT2D eigenvalue weighted by atomic mass is 9.86. The Labute approximate surface area is 718 Å². The van der Waals surface area contributed by atoms with Crippen LogP contribution in [0.3, 0.4) is 0 Å². The summed E-state index contributed by atoms with van der Waals surface area (Å²) in [6, 6.07) is 64.4. The van der Waals surface area contributed by atoms with Gasteiger partial charge in [0.2, 0.25) is 34.9 Å². The first-order valence-corrected chi connectivity index (χ1v) is 39.0. The number of anilines is 3. The molecule has 6 aromatic carbocycles. The summed E-state index contributed by atoms with van der Waals surface area (Å²) in [5.41, 5.74) is 12.9. The minimum Gasteiger partial charge on any atom is -0.378 e. The van der Waals surface area contributed by atoms with Gasteiger partial charge in [-0.1, -0.05) is 76.0 Å². The maximum Gasteiger partial charge on any atom is 0.416 e. The highest BCUT2D eigenvalue weighted by Crippen LogP contribution is 2.36. The van der Waals surface area contributed by atoms with E-state index in [2.05, 4.69) is 141 Å². The highest BCUT2D eigenvalue weighted by atomic mass is 19.4. The third kappa shape index (κ3) is 22.4. The van der Waals surface area contributed by atoms with Crippen LogP contribution >= 0.6 is 0 Å². The Kier molecular flexibility index (Phi) is 27.2. The molecule has 0 amide bonds. The average molecular weight is 1690 g/mol. The molecule has 1 fully saturated rings. The number of nitrogens with zero attached hydrogens (tertiary/aromatic N) is 23. The van der Waals surface area contributed by atoms with Crippen LogP contribution in [0.15, 0.2) is 308 Å². The van der Waals surface area contributed by atoms with E-state index in [1.54, 1.807) is 92.3 Å². The summed E-state index contributed by atoms with van der Waals surface area (Å²) in [6.45, 7) is 8.79. The van der Waals surface area contributed by atoms with Crippen LogP contribution in [0.25, 0.3) is 137 Å². The Hall–Kier alpha value is -16.8. The second-order valence-electron chi connectivity index (χ2n) is 29.2. The number of pyridine rings is 6. The van der Waals surface area contributed by atoms with E-state index in [0.29, 0.717) is 63.8 Å². The van der Waals surface area contributed by atoms with Crippen LogP contribution in [0, 0.1) is 28.5 Å². The molecule has 1 aliphatic heterocycles. The molecule has 0 radical (unpaired) electrons. The fourth-order valence-corrected chi connectivity index (χ4v) is 12.3. The molecule has 0 unspecified atom stereocenters. The zero-order valence-electron chi connectivity index (χ0n) is 68.6. The van der Waals surface area contributed by atoms with Gasteiger partial charge in [0, 0.05) is 199 Å². The van der Waals surface area contributed by atoms with Gasteiger partial charge in [0.25, 0.3) is 35.3 Å². The fourth-order valence-electron chi connectivity index (χ4n) is 12.3. The Morgan fingerprint density at radius 1 is 0.317 bits per heavy atom. The molecule has 13 heterocycles. The van der Waals surface area contributed by atoms with Gasteiger partial charge < -0.3 is 41.8 Å². The number of nitriles is 2. The highest BCUT2D eigenvalue weighted by Gasteiger charge is 2.32. The van der Waals surface area contributed by atoms with E-state index in [-0.39, 0.29) is 39.7 Å². The van der Waals surface area contributed by atoms with Crippen LogP contribution in [0.1, 0.15) is 55.9 Å². The standard InChI is InChI=1S/C17H16N4O.C17H17N3O.C15H7F3N4O.2C15H14N4O.C14H7FN4O/c1-2-11-21(10-1)15-5-3-4-14(12-15)17-19-16(20-22-17)13-6-8-18-9-7-13;1-17(2,3)14-6-4-5-13(11-14)16-19-15(20-21-16)12-7-9-18-10-8-12;16-15(17,18)12-6-9(8-19)5-11(7-12)14-21-13(22-23-14)10-1-3-20-4-2-10;1-19(2)13-5-3-12(4-6-13)15-17-14(18-20-15)11-7-9-16-10-8-11;1-19(2)13-5-3-4-12(10-13)15-17-14(18-20-15)11-6-8-16-9-7-11;15-12-6-9(8-16)5-11(7-12)14-18-13(19-20-14)10-1-3-17-4-2-10/h3-9,12H,1-2,10-11H2;4-11H,1-3H3;1-7H;2*3-10H,1-2H3;1-7H. The smallest absolute Gasteiger partial charge is 0.378 e. The normalized spacial score (nSPS) is 11.5. The topological polar surface area (TPSA) is 368 Å². The van der Waals surface area contributed by atoms with Crippen LogP contribution in [-0.2, 0) is 11.6 Å². The van der Waals surface area contributed by atoms with Gasteiger partial charge in [-0.05, 0) is 206 Å². The van der Waals surface area contributed by atoms with Crippen molar-refractivity contribution in [1.29, 1.82) is 10.5 Å². The van der Waals surface area contributed by atoms with Gasteiger partial charge >= 0.3 is 6.18 Å². The van der Waals surface area contributed by atoms with E-state index in [9.17, 15) is 17.6 Å². The molecule has 0 saturated carbocycles. The first kappa shape index (κ1) is 85.6. The number of alkyl halides is 3. The summed E-state index contributed by atoms with van der Waals surface area (Å²) in [5.74, 6) is 4.55. The SMILES string of the molecule is CC(C)(C)c1cccc(-c2nc(-c3ccncc3)no2)c1.CN(C)c1ccc(-c2nc(-c3ccncc3)no2)cc1.CN(C)c1cccc(-c2nc(-c3ccncc3)no2)c1.N#Cc1cc(-c2nc(-c3ccncc3)no2)cc(C(F)(F)F)c1.N#Cc1cc(F)cc(-c2nc(-c3ccncc3)no2)c1.c1cc(-c2nc(-c3ccncc3)no2)cc(N2CCCC2)c1. The zero-order chi connectivity index (χ0) is 87.9. The fraction of sp³-hybridized carbons (Fsp3) is 0.140. The van der Waals surface area contributed by atoms with Crippen molar-refractivity contribution >= 4 is 17.1 Å². The summed E-state index contributed by atoms with van der Waals surface area (Å²) in [5, 5.41) is 41.4. The molecule has 0 spiro atoms. The van der Waals surface area contributed by atoms with E-state index in [1.165, 1.54) is 54.7 Å². The van der Waals surface area contributed by atoms with Crippen molar-refractivity contribution < 1.29 is 44.7 Å². The summed E-state index contributed by atoms with van der Waals surface area (Å²) in [7, 11) is 8.00. The highest BCUT2D eigenvalue weighted by molar-refractivity contribution is 5.69. The molecular formula is C93H75F4N23O6. The Bertz CT molecular complexity index is 6650. The van der Waals surface area contributed by atoms with Crippen molar-refractivity contribution in [3.8, 4) is 149 Å². The second-order valence-corrected chi connectivity index (χ2v) is 29.2. The minimum absolute atomic E-state index is 0.0316. The third-order valence-corrected chi connectivity index (χ3v) is 18.9. The number of rotatable bonds is 15. The molecule has 18 aromatic rings. The van der Waals surface area contributed by atoms with E-state index in [0.717, 1.165) is 92.7 Å². The molecule has 1 aliphatic rings. The molecule has 29 nitrogen and oxygen atoms in total. The molecule has 0 atom stereocenters. The molecule has 12 aromatic heterocycles. The van der Waals surface area contributed by atoms with Gasteiger partial charge in [-0.2, -0.15) is 53.6 Å². The lowest BCUT2D eigenvalue weighted by Gasteiger charge is -2.19. The summed E-state index contributed by atoms with van der Waals surface area (Å²) in [6.07, 6.45) is 17.9. The first-order valence-electron chi connectivity index (χ1n) is 39.0. The monoisotopic (exact) mass is 1690 g/mol. The Balaban J connectivity index is 0.000000123. The van der Waals surface area contributed by atoms with Crippen LogP contribution in [-0.4, -0.2) is 132 Å². The van der Waals surface area contributed by atoms with Crippen molar-refractivity contribution in [2.75, 3.05) is 56.0 Å². The van der Waals surface area contributed by atoms with Gasteiger partial charge in [-0.15, -0.1) is 0 Å².